The third-order valence-corrected chi connectivity index (χ3v) is 6.51. The average molecular weight is 362 g/mol. The van der Waals surface area contributed by atoms with E-state index in [0.29, 0.717) is 18.1 Å². The molecule has 1 heterocycles. The van der Waals surface area contributed by atoms with Crippen LogP contribution in [0.1, 0.15) is 13.3 Å². The summed E-state index contributed by atoms with van der Waals surface area (Å²) >= 11 is 0. The fourth-order valence-corrected chi connectivity index (χ4v) is 4.37. The van der Waals surface area contributed by atoms with Gasteiger partial charge in [0.2, 0.25) is 15.9 Å². The van der Waals surface area contributed by atoms with Crippen LogP contribution in [-0.4, -0.2) is 49.7 Å². The van der Waals surface area contributed by atoms with Crippen LogP contribution in [0.15, 0.2) is 17.0 Å². The molecule has 3 rings (SSSR count). The molecule has 0 spiro atoms. The number of hydrogen-bond acceptors (Lipinski definition) is 3. The monoisotopic (exact) mass is 362 g/mol. The van der Waals surface area contributed by atoms with Crippen molar-refractivity contribution >= 4 is 15.9 Å². The molecule has 1 aliphatic carbocycles. The largest absolute Gasteiger partial charge is 0.340 e. The summed E-state index contributed by atoms with van der Waals surface area (Å²) in [6.07, 6.45) is 0.845. The van der Waals surface area contributed by atoms with Crippen molar-refractivity contribution in [3.8, 4) is 0 Å². The Bertz CT molecular complexity index is 776. The van der Waals surface area contributed by atoms with Crippen LogP contribution >= 0.6 is 0 Å². The molecule has 1 saturated heterocycles. The predicted octanol–water partition coefficient (Wildman–Crippen LogP) is 1.59. The number of amides is 1. The smallest absolute Gasteiger partial charge is 0.246 e. The number of benzene rings is 1. The van der Waals surface area contributed by atoms with Gasteiger partial charge in [-0.25, -0.2) is 21.6 Å². The summed E-state index contributed by atoms with van der Waals surface area (Å²) in [6.45, 7) is 2.37. The molecule has 0 aromatic heterocycles. The van der Waals surface area contributed by atoms with Crippen molar-refractivity contribution in [3.63, 3.8) is 0 Å². The molecule has 1 saturated carbocycles. The predicted molar refractivity (Wildman–Crippen MR) is 78.9 cm³/mol. The average Bonchev–Trinajstić information content (AvgIpc) is 3.28. The molecule has 9 heteroatoms. The van der Waals surface area contributed by atoms with Crippen molar-refractivity contribution < 1.29 is 26.4 Å². The van der Waals surface area contributed by atoms with Gasteiger partial charge in [-0.1, -0.05) is 6.92 Å². The highest BCUT2D eigenvalue weighted by atomic mass is 32.2. The van der Waals surface area contributed by atoms with Gasteiger partial charge in [0.1, 0.15) is 4.90 Å². The quantitative estimate of drug-likeness (QED) is 0.768. The van der Waals surface area contributed by atoms with Gasteiger partial charge in [0.25, 0.3) is 0 Å². The van der Waals surface area contributed by atoms with Crippen LogP contribution in [0.4, 0.5) is 13.2 Å². The van der Waals surface area contributed by atoms with Crippen molar-refractivity contribution in [1.82, 2.24) is 9.21 Å². The van der Waals surface area contributed by atoms with E-state index in [2.05, 4.69) is 0 Å². The molecule has 5 nitrogen and oxygen atoms in total. The number of rotatable bonds is 3. The molecular formula is C15H17F3N2O3S. The lowest BCUT2D eigenvalue weighted by molar-refractivity contribution is -0.134. The lowest BCUT2D eigenvalue weighted by Gasteiger charge is -2.34. The Morgan fingerprint density at radius 2 is 1.67 bits per heavy atom. The summed E-state index contributed by atoms with van der Waals surface area (Å²) in [4.78, 5) is 12.8. The lowest BCUT2D eigenvalue weighted by atomic mass is 10.2. The van der Waals surface area contributed by atoms with E-state index >= 15 is 0 Å². The molecule has 2 fully saturated rings. The van der Waals surface area contributed by atoms with Crippen molar-refractivity contribution in [2.45, 2.75) is 18.2 Å². The van der Waals surface area contributed by atoms with E-state index in [1.165, 1.54) is 0 Å². The summed E-state index contributed by atoms with van der Waals surface area (Å²) in [5.74, 6) is -4.60. The van der Waals surface area contributed by atoms with E-state index in [-0.39, 0.29) is 38.0 Å². The van der Waals surface area contributed by atoms with Gasteiger partial charge in [-0.15, -0.1) is 0 Å². The minimum absolute atomic E-state index is 0.00634. The van der Waals surface area contributed by atoms with Gasteiger partial charge < -0.3 is 4.90 Å². The summed E-state index contributed by atoms with van der Waals surface area (Å²) in [6, 6.07) is 1.30. The number of nitrogens with zero attached hydrogens (tertiary/aromatic N) is 2. The first-order valence-electron chi connectivity index (χ1n) is 7.66. The summed E-state index contributed by atoms with van der Waals surface area (Å²) in [5, 5.41) is 0. The van der Waals surface area contributed by atoms with E-state index in [1.807, 2.05) is 6.92 Å². The number of halogens is 3. The molecular weight excluding hydrogens is 345 g/mol. The molecule has 2 atom stereocenters. The minimum atomic E-state index is -4.28. The van der Waals surface area contributed by atoms with Crippen molar-refractivity contribution in [2.75, 3.05) is 26.2 Å². The van der Waals surface area contributed by atoms with Gasteiger partial charge in [0, 0.05) is 32.1 Å². The van der Waals surface area contributed by atoms with Gasteiger partial charge in [0.05, 0.1) is 0 Å². The molecule has 0 unspecified atom stereocenters. The normalized spacial score (nSPS) is 24.9. The van der Waals surface area contributed by atoms with Crippen molar-refractivity contribution in [2.24, 2.45) is 11.8 Å². The molecule has 1 aromatic carbocycles. The minimum Gasteiger partial charge on any atom is -0.340 e. The second kappa shape index (κ2) is 6.03. The third-order valence-electron chi connectivity index (χ3n) is 4.59. The van der Waals surface area contributed by atoms with E-state index in [0.717, 1.165) is 10.7 Å². The Morgan fingerprint density at radius 1 is 1.08 bits per heavy atom. The number of piperazine rings is 1. The first-order valence-corrected chi connectivity index (χ1v) is 9.10. The highest BCUT2D eigenvalue weighted by Gasteiger charge is 2.43. The molecule has 132 valence electrons. The fourth-order valence-electron chi connectivity index (χ4n) is 2.90. The van der Waals surface area contributed by atoms with Gasteiger partial charge in [-0.05, 0) is 24.5 Å². The molecule has 1 aromatic rings. The van der Waals surface area contributed by atoms with E-state index < -0.39 is 32.4 Å². The number of carbonyl (C=O) groups is 1. The maximum atomic E-state index is 13.8. The second-order valence-electron chi connectivity index (χ2n) is 6.22. The van der Waals surface area contributed by atoms with Crippen LogP contribution in [0.5, 0.6) is 0 Å². The van der Waals surface area contributed by atoms with Gasteiger partial charge >= 0.3 is 0 Å². The number of hydrogen-bond donors (Lipinski definition) is 0. The van der Waals surface area contributed by atoms with Crippen LogP contribution in [-0.2, 0) is 14.8 Å². The van der Waals surface area contributed by atoms with Crippen LogP contribution in [0, 0.1) is 29.3 Å². The first kappa shape index (κ1) is 17.2. The Morgan fingerprint density at radius 3 is 2.21 bits per heavy atom. The standard InChI is InChI=1S/C15H17F3N2O3S/c1-9-8-10(9)15(21)19-4-6-20(7-5-19)24(22,23)12-3-2-11(16)13(17)14(12)18/h2-3,9-10H,4-8H2,1H3/t9-,10-/m1/s1. The molecule has 2 aliphatic rings. The van der Waals surface area contributed by atoms with Gasteiger partial charge in [-0.2, -0.15) is 4.31 Å². The van der Waals surface area contributed by atoms with Crippen LogP contribution in [0.2, 0.25) is 0 Å². The van der Waals surface area contributed by atoms with Crippen molar-refractivity contribution in [1.29, 1.82) is 0 Å². The van der Waals surface area contributed by atoms with Crippen LogP contribution < -0.4 is 0 Å². The van der Waals surface area contributed by atoms with E-state index in [4.69, 9.17) is 0 Å². The topological polar surface area (TPSA) is 57.7 Å². The molecule has 0 radical (unpaired) electrons. The molecule has 1 amide bonds. The fraction of sp³-hybridized carbons (Fsp3) is 0.533. The lowest BCUT2D eigenvalue weighted by Crippen LogP contribution is -2.51. The molecule has 0 bridgehead atoms. The number of carbonyl (C=O) groups excluding carboxylic acids is 1. The zero-order valence-corrected chi connectivity index (χ0v) is 13.8. The summed E-state index contributed by atoms with van der Waals surface area (Å²) < 4.78 is 65.9. The Kier molecular flexibility index (Phi) is 4.33. The SMILES string of the molecule is C[C@@H]1C[C@H]1C(=O)N1CCN(S(=O)(=O)c2ccc(F)c(F)c2F)CC1. The van der Waals surface area contributed by atoms with Crippen molar-refractivity contribution in [3.05, 3.63) is 29.6 Å². The maximum absolute atomic E-state index is 13.8. The zero-order chi connectivity index (χ0) is 17.6. The van der Waals surface area contributed by atoms with Gasteiger partial charge in [-0.3, -0.25) is 4.79 Å². The summed E-state index contributed by atoms with van der Waals surface area (Å²) in [7, 11) is -4.28. The van der Waals surface area contributed by atoms with Crippen LogP contribution in [0.25, 0.3) is 0 Å². The highest BCUT2D eigenvalue weighted by molar-refractivity contribution is 7.89. The van der Waals surface area contributed by atoms with Crippen LogP contribution in [0.3, 0.4) is 0 Å². The van der Waals surface area contributed by atoms with Gasteiger partial charge in [0.15, 0.2) is 17.5 Å². The highest BCUT2D eigenvalue weighted by Crippen LogP contribution is 2.39. The Hall–Kier alpha value is -1.61. The summed E-state index contributed by atoms with van der Waals surface area (Å²) in [5.41, 5.74) is 0. The number of sulfonamides is 1. The second-order valence-corrected chi connectivity index (χ2v) is 8.13. The molecule has 1 aliphatic heterocycles. The van der Waals surface area contributed by atoms with E-state index in [1.54, 1.807) is 4.90 Å². The van der Waals surface area contributed by atoms with E-state index in [9.17, 15) is 26.4 Å². The Balaban J connectivity index is 1.73. The Labute approximate surface area is 138 Å². The third kappa shape index (κ3) is 2.90. The molecule has 0 N–H and O–H groups in total. The zero-order valence-electron chi connectivity index (χ0n) is 13.0. The molecule has 24 heavy (non-hydrogen) atoms. The first-order chi connectivity index (χ1) is 11.2. The maximum Gasteiger partial charge on any atom is 0.246 e.